The number of aromatic nitrogens is 3. The van der Waals surface area contributed by atoms with Crippen molar-refractivity contribution in [1.29, 1.82) is 0 Å². The van der Waals surface area contributed by atoms with Crippen molar-refractivity contribution in [3.05, 3.63) is 33.3 Å². The van der Waals surface area contributed by atoms with E-state index in [4.69, 9.17) is 0 Å². The standard InChI is InChI=1S/C25H31F2N5O4/c1-13(2)10-31-22-18(8-9-19(33)30-11-15-4-5-16(12-30)25(15,26)27)14(3)29-32(22)24(36)20(23(31)35)21(34)28-17-6-7-17/h8-9,13,15-17H,4-7,10-12H2,1-3H3,(H2,28,34,35,36)/p+1/b9-8+. The number of alkyl halides is 2. The largest absolute Gasteiger partial charge is 0.477 e. The number of nitrogens with one attached hydrogen (secondary N) is 2. The number of amides is 2. The average Bonchev–Trinajstić information content (AvgIpc) is 3.54. The summed E-state index contributed by atoms with van der Waals surface area (Å²) in [5.41, 5.74) is 0.345. The van der Waals surface area contributed by atoms with E-state index in [9.17, 15) is 28.3 Å². The zero-order valence-electron chi connectivity index (χ0n) is 20.7. The van der Waals surface area contributed by atoms with Crippen LogP contribution in [0.3, 0.4) is 0 Å². The molecule has 0 aromatic carbocycles. The molecular weight excluding hydrogens is 472 g/mol. The van der Waals surface area contributed by atoms with Gasteiger partial charge in [-0.3, -0.25) is 9.59 Å². The van der Waals surface area contributed by atoms with Crippen LogP contribution in [0.4, 0.5) is 8.78 Å². The number of hydrogen-bond donors (Lipinski definition) is 3. The van der Waals surface area contributed by atoms with Gasteiger partial charge in [-0.2, -0.15) is 4.57 Å². The number of H-pyrrole nitrogens is 1. The van der Waals surface area contributed by atoms with Gasteiger partial charge in [-0.25, -0.2) is 18.7 Å². The highest BCUT2D eigenvalue weighted by Crippen LogP contribution is 2.48. The Morgan fingerprint density at radius 2 is 1.86 bits per heavy atom. The normalized spacial score (nSPS) is 23.2. The molecule has 11 heteroatoms. The lowest BCUT2D eigenvalue weighted by Gasteiger charge is -2.37. The van der Waals surface area contributed by atoms with Gasteiger partial charge in [0.2, 0.25) is 11.5 Å². The molecule has 1 saturated heterocycles. The molecule has 2 saturated carbocycles. The highest BCUT2D eigenvalue weighted by atomic mass is 19.3. The van der Waals surface area contributed by atoms with Crippen LogP contribution in [0.5, 0.6) is 5.88 Å². The zero-order chi connectivity index (χ0) is 25.9. The van der Waals surface area contributed by atoms with Gasteiger partial charge in [0, 0.05) is 37.0 Å². The molecule has 3 fully saturated rings. The average molecular weight is 505 g/mol. The summed E-state index contributed by atoms with van der Waals surface area (Å²) in [7, 11) is 0. The van der Waals surface area contributed by atoms with Gasteiger partial charge < -0.3 is 15.3 Å². The molecule has 2 atom stereocenters. The number of aromatic hydroxyl groups is 1. The van der Waals surface area contributed by atoms with Crippen LogP contribution in [0, 0.1) is 24.7 Å². The summed E-state index contributed by atoms with van der Waals surface area (Å²) in [6.45, 7) is 5.96. The Labute approximate surface area is 206 Å². The summed E-state index contributed by atoms with van der Waals surface area (Å²) in [6.07, 6.45) is 5.37. The first-order chi connectivity index (χ1) is 17.0. The fourth-order valence-corrected chi connectivity index (χ4v) is 5.44. The third-order valence-electron chi connectivity index (χ3n) is 7.51. The van der Waals surface area contributed by atoms with E-state index >= 15 is 0 Å². The molecule has 2 aliphatic carbocycles. The topological polar surface area (TPSA) is 111 Å². The van der Waals surface area contributed by atoms with E-state index in [2.05, 4.69) is 10.4 Å². The van der Waals surface area contributed by atoms with Crippen molar-refractivity contribution >= 4 is 23.5 Å². The lowest BCUT2D eigenvalue weighted by molar-refractivity contribution is -0.686. The van der Waals surface area contributed by atoms with Gasteiger partial charge in [0.15, 0.2) is 0 Å². The van der Waals surface area contributed by atoms with E-state index in [1.165, 1.54) is 26.1 Å². The van der Waals surface area contributed by atoms with Gasteiger partial charge in [-0.05, 0) is 44.6 Å². The molecule has 0 radical (unpaired) electrons. The minimum atomic E-state index is -2.72. The first-order valence-corrected chi connectivity index (χ1v) is 12.5. The number of likely N-dealkylation sites (tertiary alicyclic amines) is 1. The van der Waals surface area contributed by atoms with Gasteiger partial charge in [0.05, 0.1) is 17.8 Å². The lowest BCUT2D eigenvalue weighted by Crippen LogP contribution is -2.50. The Morgan fingerprint density at radius 3 is 2.44 bits per heavy atom. The molecule has 3 heterocycles. The third-order valence-corrected chi connectivity index (χ3v) is 7.51. The van der Waals surface area contributed by atoms with E-state index in [-0.39, 0.29) is 36.5 Å². The van der Waals surface area contributed by atoms with Crippen LogP contribution in [-0.2, 0) is 11.3 Å². The Morgan fingerprint density at radius 1 is 1.22 bits per heavy atom. The second-order valence-corrected chi connectivity index (χ2v) is 10.8. The number of nitrogens with zero attached hydrogens (tertiary/aromatic N) is 3. The summed E-state index contributed by atoms with van der Waals surface area (Å²) >= 11 is 0. The molecule has 2 bridgehead atoms. The second kappa shape index (κ2) is 8.70. The van der Waals surface area contributed by atoms with Gasteiger partial charge in [-0.15, -0.1) is 0 Å². The number of halogens is 2. The minimum Gasteiger partial charge on any atom is -0.477 e. The maximum absolute atomic E-state index is 14.3. The Kier molecular flexibility index (Phi) is 5.91. The molecule has 1 aliphatic heterocycles. The van der Waals surface area contributed by atoms with E-state index < -0.39 is 35.1 Å². The van der Waals surface area contributed by atoms with Gasteiger partial charge in [0.25, 0.3) is 11.8 Å². The quantitative estimate of drug-likeness (QED) is 0.413. The van der Waals surface area contributed by atoms with E-state index in [1.54, 1.807) is 6.92 Å². The molecule has 2 aromatic rings. The SMILES string of the molecule is Cc1[nH]n2c(=O)c(C(=O)NC3CC3)c(O)[n+](CC(C)C)c2c1/C=C/C(=O)N1CC2CCC(C1)C2(F)F. The molecule has 2 unspecified atom stereocenters. The van der Waals surface area contributed by atoms with Crippen molar-refractivity contribution in [3.8, 4) is 5.88 Å². The zero-order valence-corrected chi connectivity index (χ0v) is 20.7. The van der Waals surface area contributed by atoms with Crippen LogP contribution in [0.15, 0.2) is 10.9 Å². The minimum absolute atomic E-state index is 0.00963. The van der Waals surface area contributed by atoms with Gasteiger partial charge in [0.1, 0.15) is 0 Å². The molecule has 3 N–H and O–H groups in total. The van der Waals surface area contributed by atoms with Crippen molar-refractivity contribution in [3.63, 3.8) is 0 Å². The van der Waals surface area contributed by atoms with Crippen molar-refractivity contribution in [1.82, 2.24) is 19.8 Å². The highest BCUT2D eigenvalue weighted by Gasteiger charge is 2.56. The maximum atomic E-state index is 14.3. The van der Waals surface area contributed by atoms with E-state index in [0.717, 1.165) is 12.8 Å². The number of hydrogen-bond acceptors (Lipinski definition) is 4. The van der Waals surface area contributed by atoms with Crippen molar-refractivity contribution < 1.29 is 28.0 Å². The van der Waals surface area contributed by atoms with E-state index in [0.29, 0.717) is 36.3 Å². The Balaban J connectivity index is 1.52. The molecule has 194 valence electrons. The molecule has 2 aromatic heterocycles. The number of aromatic amines is 1. The number of fused-ring (bicyclic) bond motifs is 3. The van der Waals surface area contributed by atoms with E-state index in [1.807, 2.05) is 13.8 Å². The molecule has 36 heavy (non-hydrogen) atoms. The highest BCUT2D eigenvalue weighted by molar-refractivity contribution is 5.96. The number of carbonyl (C=O) groups is 2. The number of piperidine rings is 1. The fraction of sp³-hybridized carbons (Fsp3) is 0.600. The molecule has 0 spiro atoms. The Bertz CT molecular complexity index is 1310. The molecular formula is C25H32F2N5O4+. The summed E-state index contributed by atoms with van der Waals surface area (Å²) < 4.78 is 31.3. The summed E-state index contributed by atoms with van der Waals surface area (Å²) in [6, 6.07) is 0.00963. The molecule has 2 amide bonds. The lowest BCUT2D eigenvalue weighted by atomic mass is 9.94. The van der Waals surface area contributed by atoms with Crippen molar-refractivity contribution in [2.75, 3.05) is 13.1 Å². The van der Waals surface area contributed by atoms with Crippen molar-refractivity contribution in [2.45, 2.75) is 65.0 Å². The molecule has 3 aliphatic rings. The van der Waals surface area contributed by atoms with Crippen LogP contribution >= 0.6 is 0 Å². The second-order valence-electron chi connectivity index (χ2n) is 10.8. The predicted octanol–water partition coefficient (Wildman–Crippen LogP) is 1.99. The monoisotopic (exact) mass is 504 g/mol. The summed E-state index contributed by atoms with van der Waals surface area (Å²) in [5.74, 6) is -5.70. The first-order valence-electron chi connectivity index (χ1n) is 12.5. The van der Waals surface area contributed by atoms with Gasteiger partial charge in [-0.1, -0.05) is 18.4 Å². The smallest absolute Gasteiger partial charge is 0.378 e. The molecule has 5 rings (SSSR count). The fourth-order valence-electron chi connectivity index (χ4n) is 5.44. The summed E-state index contributed by atoms with van der Waals surface area (Å²) in [4.78, 5) is 40.4. The number of rotatable bonds is 6. The first kappa shape index (κ1) is 24.5. The van der Waals surface area contributed by atoms with Crippen LogP contribution in [0.1, 0.15) is 61.1 Å². The third kappa shape index (κ3) is 4.08. The summed E-state index contributed by atoms with van der Waals surface area (Å²) in [5, 5.41) is 16.8. The molecule has 9 nitrogen and oxygen atoms in total. The Hall–Kier alpha value is -3.24. The number of carbonyl (C=O) groups excluding carboxylic acids is 2. The van der Waals surface area contributed by atoms with Gasteiger partial charge >= 0.3 is 17.1 Å². The van der Waals surface area contributed by atoms with Crippen LogP contribution in [-0.4, -0.2) is 56.5 Å². The van der Waals surface area contributed by atoms with Crippen LogP contribution in [0.2, 0.25) is 0 Å². The number of aryl methyl sites for hydroxylation is 1. The van der Waals surface area contributed by atoms with Crippen LogP contribution in [0.25, 0.3) is 11.7 Å². The van der Waals surface area contributed by atoms with Crippen molar-refractivity contribution in [2.24, 2.45) is 17.8 Å². The maximum Gasteiger partial charge on any atom is 0.378 e. The van der Waals surface area contributed by atoms with Crippen LogP contribution < -0.4 is 15.4 Å². The predicted molar refractivity (Wildman–Crippen MR) is 127 cm³/mol.